The van der Waals surface area contributed by atoms with E-state index in [9.17, 15) is 20.4 Å². The third-order valence-corrected chi connectivity index (χ3v) is 4.25. The van der Waals surface area contributed by atoms with Crippen LogP contribution in [0.25, 0.3) is 0 Å². The van der Waals surface area contributed by atoms with Gasteiger partial charge in [-0.2, -0.15) is 0 Å². The fourth-order valence-electron chi connectivity index (χ4n) is 2.66. The molecule has 0 aliphatic carbocycles. The van der Waals surface area contributed by atoms with E-state index in [2.05, 4.69) is 0 Å². The van der Waals surface area contributed by atoms with Crippen molar-refractivity contribution in [1.82, 2.24) is 0 Å². The lowest BCUT2D eigenvalue weighted by Crippen LogP contribution is -2.51. The number of hydrogen-bond acceptors (Lipinski definition) is 6. The molecule has 2 rings (SSSR count). The maximum absolute atomic E-state index is 10.5. The van der Waals surface area contributed by atoms with E-state index < -0.39 is 37.1 Å². The Morgan fingerprint density at radius 3 is 1.77 bits per heavy atom. The second-order valence-electron chi connectivity index (χ2n) is 6.25. The molecule has 2 aromatic carbocycles. The summed E-state index contributed by atoms with van der Waals surface area (Å²) in [6.45, 7) is -0.500. The third-order valence-electron chi connectivity index (χ3n) is 4.25. The summed E-state index contributed by atoms with van der Waals surface area (Å²) in [5, 5.41) is 49.0. The molecule has 0 fully saturated rings. The molecule has 0 aromatic heterocycles. The molecule has 142 valence electrons. The van der Waals surface area contributed by atoms with E-state index in [0.717, 1.165) is 11.1 Å². The molecule has 26 heavy (non-hydrogen) atoms. The Morgan fingerprint density at radius 1 is 0.692 bits per heavy atom. The smallest absolute Gasteiger partial charge is 0.111 e. The number of aliphatic hydroxyl groups excluding tert-OH is 5. The maximum Gasteiger partial charge on any atom is 0.111 e. The highest BCUT2D eigenvalue weighted by Gasteiger charge is 2.35. The van der Waals surface area contributed by atoms with E-state index in [0.29, 0.717) is 6.42 Å². The molecule has 1 unspecified atom stereocenters. The zero-order valence-corrected chi connectivity index (χ0v) is 14.4. The fourth-order valence-corrected chi connectivity index (χ4v) is 2.66. The van der Waals surface area contributed by atoms with Crippen molar-refractivity contribution < 1.29 is 30.3 Å². The van der Waals surface area contributed by atoms with Crippen LogP contribution in [0.5, 0.6) is 0 Å². The molecular weight excluding hydrogens is 336 g/mol. The molecule has 5 N–H and O–H groups in total. The highest BCUT2D eigenvalue weighted by atomic mass is 16.5. The van der Waals surface area contributed by atoms with Gasteiger partial charge in [-0.3, -0.25) is 0 Å². The van der Waals surface area contributed by atoms with Gasteiger partial charge in [-0.05, 0) is 11.1 Å². The minimum Gasteiger partial charge on any atom is -0.394 e. The monoisotopic (exact) mass is 362 g/mol. The second-order valence-corrected chi connectivity index (χ2v) is 6.25. The van der Waals surface area contributed by atoms with Gasteiger partial charge >= 0.3 is 0 Å². The highest BCUT2D eigenvalue weighted by molar-refractivity contribution is 5.17. The number of hydrogen-bond donors (Lipinski definition) is 5. The first-order valence-electron chi connectivity index (χ1n) is 8.55. The topological polar surface area (TPSA) is 110 Å². The Hall–Kier alpha value is -1.80. The van der Waals surface area contributed by atoms with E-state index in [1.165, 1.54) is 0 Å². The molecule has 0 radical (unpaired) electrons. The maximum atomic E-state index is 10.5. The molecule has 2 aromatic rings. The predicted octanol–water partition coefficient (Wildman–Crippen LogP) is 0.250. The van der Waals surface area contributed by atoms with Crippen LogP contribution in [0.15, 0.2) is 60.7 Å². The van der Waals surface area contributed by atoms with Crippen LogP contribution in [-0.2, 0) is 17.8 Å². The van der Waals surface area contributed by atoms with Crippen LogP contribution in [0.2, 0.25) is 0 Å². The first-order valence-corrected chi connectivity index (χ1v) is 8.55. The van der Waals surface area contributed by atoms with Gasteiger partial charge < -0.3 is 30.3 Å². The van der Waals surface area contributed by atoms with Crippen molar-refractivity contribution >= 4 is 0 Å². The number of benzene rings is 2. The summed E-state index contributed by atoms with van der Waals surface area (Å²) in [6, 6.07) is 18.7. The molecule has 0 aliphatic heterocycles. The number of rotatable bonds is 10. The predicted molar refractivity (Wildman–Crippen MR) is 96.3 cm³/mol. The van der Waals surface area contributed by atoms with Crippen LogP contribution in [0.4, 0.5) is 0 Å². The van der Waals surface area contributed by atoms with E-state index >= 15 is 0 Å². The molecule has 0 amide bonds. The first kappa shape index (κ1) is 20.5. The van der Waals surface area contributed by atoms with Crippen LogP contribution >= 0.6 is 0 Å². The van der Waals surface area contributed by atoms with Crippen LogP contribution in [0, 0.1) is 0 Å². The average Bonchev–Trinajstić information content (AvgIpc) is 2.70. The minimum absolute atomic E-state index is 0.223. The van der Waals surface area contributed by atoms with Crippen molar-refractivity contribution in [3.63, 3.8) is 0 Å². The summed E-state index contributed by atoms with van der Waals surface area (Å²) in [5.74, 6) is 0. The van der Waals surface area contributed by atoms with E-state index in [4.69, 9.17) is 9.84 Å². The Labute approximate surface area is 152 Å². The van der Waals surface area contributed by atoms with E-state index in [-0.39, 0.29) is 6.61 Å². The largest absolute Gasteiger partial charge is 0.394 e. The summed E-state index contributed by atoms with van der Waals surface area (Å²) in [6.07, 6.45) is -6.85. The van der Waals surface area contributed by atoms with Gasteiger partial charge in [0.1, 0.15) is 24.4 Å². The molecule has 0 saturated carbocycles. The van der Waals surface area contributed by atoms with Gasteiger partial charge in [0.25, 0.3) is 0 Å². The molecule has 0 spiro atoms. The SMILES string of the molecule is OC[C@@H](O)[C@@H](O)[C@H](O)[C@H](O)C(Cc1ccccc1)OCc1ccccc1. The first-order chi connectivity index (χ1) is 12.5. The lowest BCUT2D eigenvalue weighted by Gasteiger charge is -2.31. The molecule has 0 heterocycles. The van der Waals surface area contributed by atoms with Gasteiger partial charge in [-0.25, -0.2) is 0 Å². The Kier molecular flexibility index (Phi) is 8.18. The molecule has 0 bridgehead atoms. The Bertz CT molecular complexity index is 621. The van der Waals surface area contributed by atoms with Crippen molar-refractivity contribution in [1.29, 1.82) is 0 Å². The average molecular weight is 362 g/mol. The minimum atomic E-state index is -1.69. The lowest BCUT2D eigenvalue weighted by molar-refractivity contribution is -0.152. The van der Waals surface area contributed by atoms with Gasteiger partial charge in [-0.1, -0.05) is 60.7 Å². The molecule has 6 heteroatoms. The standard InChI is InChI=1S/C20H26O6/c21-12-16(22)18(23)20(25)19(24)17(11-14-7-3-1-4-8-14)26-13-15-9-5-2-6-10-15/h1-10,16-25H,11-13H2/t16-,17?,18-,19-,20+/m1/s1. The summed E-state index contributed by atoms with van der Waals surface area (Å²) in [5.41, 5.74) is 1.80. The van der Waals surface area contributed by atoms with Crippen molar-refractivity contribution in [2.75, 3.05) is 6.61 Å². The van der Waals surface area contributed by atoms with Crippen LogP contribution in [0.3, 0.4) is 0 Å². The summed E-state index contributed by atoms with van der Waals surface area (Å²) in [4.78, 5) is 0. The van der Waals surface area contributed by atoms with Crippen molar-refractivity contribution in [2.45, 2.75) is 43.5 Å². The normalized spacial score (nSPS) is 17.3. The molecule has 0 saturated heterocycles. The summed E-state index contributed by atoms with van der Waals surface area (Å²) in [7, 11) is 0. The van der Waals surface area contributed by atoms with Gasteiger partial charge in [0.2, 0.25) is 0 Å². The number of aliphatic hydroxyl groups is 5. The lowest BCUT2D eigenvalue weighted by atomic mass is 9.95. The molecule has 5 atom stereocenters. The number of ether oxygens (including phenoxy) is 1. The van der Waals surface area contributed by atoms with Crippen molar-refractivity contribution in [2.24, 2.45) is 0 Å². The van der Waals surface area contributed by atoms with Gasteiger partial charge in [-0.15, -0.1) is 0 Å². The van der Waals surface area contributed by atoms with Crippen molar-refractivity contribution in [3.05, 3.63) is 71.8 Å². The van der Waals surface area contributed by atoms with Crippen LogP contribution in [0.1, 0.15) is 11.1 Å². The van der Waals surface area contributed by atoms with E-state index in [1.807, 2.05) is 60.7 Å². The fraction of sp³-hybridized carbons (Fsp3) is 0.400. The molecule has 0 aliphatic rings. The Morgan fingerprint density at radius 2 is 1.23 bits per heavy atom. The molecule has 6 nitrogen and oxygen atoms in total. The van der Waals surface area contributed by atoms with Crippen LogP contribution < -0.4 is 0 Å². The third kappa shape index (κ3) is 5.88. The van der Waals surface area contributed by atoms with Gasteiger partial charge in [0, 0.05) is 6.42 Å². The highest BCUT2D eigenvalue weighted by Crippen LogP contribution is 2.17. The van der Waals surface area contributed by atoms with Crippen molar-refractivity contribution in [3.8, 4) is 0 Å². The second kappa shape index (κ2) is 10.4. The van der Waals surface area contributed by atoms with E-state index in [1.54, 1.807) is 0 Å². The van der Waals surface area contributed by atoms with Crippen LogP contribution in [-0.4, -0.2) is 62.7 Å². The summed E-state index contributed by atoms with van der Waals surface area (Å²) < 4.78 is 5.81. The van der Waals surface area contributed by atoms with Gasteiger partial charge in [0.15, 0.2) is 0 Å². The quantitative estimate of drug-likeness (QED) is 0.414. The zero-order valence-electron chi connectivity index (χ0n) is 14.4. The molecular formula is C20H26O6. The Balaban J connectivity index is 2.10. The van der Waals surface area contributed by atoms with Gasteiger partial charge in [0.05, 0.1) is 19.3 Å². The zero-order chi connectivity index (χ0) is 18.9. The summed E-state index contributed by atoms with van der Waals surface area (Å²) >= 11 is 0.